The molecular weight excluding hydrogens is 257 g/mol. The minimum Gasteiger partial charge on any atom is -0.325 e. The van der Waals surface area contributed by atoms with Gasteiger partial charge in [-0.25, -0.2) is 8.78 Å². The molecule has 0 atom stereocenters. The molecule has 98 valence electrons. The number of rotatable bonds is 3. The third kappa shape index (κ3) is 2.73. The van der Waals surface area contributed by atoms with Crippen molar-refractivity contribution >= 4 is 0 Å². The van der Waals surface area contributed by atoms with Crippen molar-refractivity contribution in [2.24, 2.45) is 5.73 Å². The first kappa shape index (κ1) is 14.3. The summed E-state index contributed by atoms with van der Waals surface area (Å²) in [7, 11) is 0. The number of halogens is 5. The van der Waals surface area contributed by atoms with Gasteiger partial charge < -0.3 is 5.73 Å². The van der Waals surface area contributed by atoms with Crippen molar-refractivity contribution in [3.05, 3.63) is 28.6 Å². The Morgan fingerprint density at radius 2 is 2.00 bits per heavy atom. The number of hydrogen-bond acceptors (Lipinski definition) is 3. The molecule has 0 aliphatic heterocycles. The van der Waals surface area contributed by atoms with Crippen molar-refractivity contribution in [2.45, 2.75) is 25.6 Å². The van der Waals surface area contributed by atoms with Crippen molar-refractivity contribution in [1.82, 2.24) is 4.98 Å². The van der Waals surface area contributed by atoms with Crippen LogP contribution >= 0.6 is 0 Å². The highest BCUT2D eigenvalue weighted by molar-refractivity contribution is 5.40. The first-order chi connectivity index (χ1) is 8.32. The van der Waals surface area contributed by atoms with Crippen molar-refractivity contribution in [3.63, 3.8) is 0 Å². The van der Waals surface area contributed by atoms with E-state index < -0.39 is 35.7 Å². The second-order valence-corrected chi connectivity index (χ2v) is 3.35. The second-order valence-electron chi connectivity index (χ2n) is 3.35. The Morgan fingerprint density at radius 1 is 1.39 bits per heavy atom. The van der Waals surface area contributed by atoms with Gasteiger partial charge in [0.2, 0.25) is 0 Å². The van der Waals surface area contributed by atoms with E-state index in [1.807, 2.05) is 0 Å². The monoisotopic (exact) mass is 265 g/mol. The summed E-state index contributed by atoms with van der Waals surface area (Å²) in [6, 6.07) is 1.54. The largest absolute Gasteiger partial charge is 0.418 e. The predicted molar refractivity (Wildman–Crippen MR) is 51.4 cm³/mol. The molecule has 2 N–H and O–H groups in total. The lowest BCUT2D eigenvalue weighted by Crippen LogP contribution is -2.16. The normalized spacial score (nSPS) is 11.7. The lowest BCUT2D eigenvalue weighted by atomic mass is 9.98. The summed E-state index contributed by atoms with van der Waals surface area (Å²) >= 11 is 0. The Kier molecular flexibility index (Phi) is 4.19. The Bertz CT molecular complexity index is 476. The van der Waals surface area contributed by atoms with Crippen molar-refractivity contribution in [3.8, 4) is 6.07 Å². The maximum Gasteiger partial charge on any atom is 0.418 e. The Balaban J connectivity index is 3.58. The van der Waals surface area contributed by atoms with E-state index in [4.69, 9.17) is 11.0 Å². The van der Waals surface area contributed by atoms with Crippen molar-refractivity contribution < 1.29 is 22.0 Å². The van der Waals surface area contributed by atoms with Crippen LogP contribution in [0, 0.1) is 11.3 Å². The van der Waals surface area contributed by atoms with E-state index in [0.717, 1.165) is 0 Å². The van der Waals surface area contributed by atoms with Crippen LogP contribution in [-0.2, 0) is 19.1 Å². The molecule has 0 unspecified atom stereocenters. The van der Waals surface area contributed by atoms with E-state index in [-0.39, 0.29) is 12.2 Å². The van der Waals surface area contributed by atoms with Gasteiger partial charge in [-0.15, -0.1) is 0 Å². The summed E-state index contributed by atoms with van der Waals surface area (Å²) in [4.78, 5) is 3.40. The van der Waals surface area contributed by atoms with Crippen LogP contribution in [0.1, 0.15) is 28.8 Å². The molecule has 3 nitrogen and oxygen atoms in total. The first-order valence-corrected chi connectivity index (χ1v) is 4.76. The van der Waals surface area contributed by atoms with Gasteiger partial charge in [0.25, 0.3) is 6.43 Å². The number of pyridine rings is 1. The minimum absolute atomic E-state index is 0.125. The smallest absolute Gasteiger partial charge is 0.325 e. The van der Waals surface area contributed by atoms with Crippen LogP contribution in [0.2, 0.25) is 0 Å². The molecule has 0 saturated carbocycles. The molecule has 0 fully saturated rings. The molecule has 1 heterocycles. The fourth-order valence-corrected chi connectivity index (χ4v) is 1.54. The molecular formula is C10H8F5N3. The van der Waals surface area contributed by atoms with Gasteiger partial charge in [0.05, 0.1) is 23.7 Å². The number of nitriles is 1. The van der Waals surface area contributed by atoms with E-state index in [1.54, 1.807) is 0 Å². The number of alkyl halides is 5. The molecule has 0 amide bonds. The zero-order chi connectivity index (χ0) is 13.9. The lowest BCUT2D eigenvalue weighted by Gasteiger charge is -2.17. The quantitative estimate of drug-likeness (QED) is 0.854. The number of aromatic nitrogens is 1. The van der Waals surface area contributed by atoms with Gasteiger partial charge in [0.1, 0.15) is 0 Å². The van der Waals surface area contributed by atoms with Crippen LogP contribution in [0.25, 0.3) is 0 Å². The highest BCUT2D eigenvalue weighted by atomic mass is 19.4. The number of nitrogens with two attached hydrogens (primary N) is 1. The summed E-state index contributed by atoms with van der Waals surface area (Å²) in [6.45, 7) is -0.311. The molecule has 0 saturated heterocycles. The summed E-state index contributed by atoms with van der Waals surface area (Å²) in [6.07, 6.45) is -8.57. The van der Waals surface area contributed by atoms with Gasteiger partial charge in [-0.3, -0.25) is 4.98 Å². The van der Waals surface area contributed by atoms with Crippen LogP contribution in [0.4, 0.5) is 22.0 Å². The molecule has 1 aromatic heterocycles. The van der Waals surface area contributed by atoms with E-state index in [1.165, 1.54) is 6.07 Å². The standard InChI is InChI=1S/C10H8F5N3/c11-9(12)8-5(1-2-16)7(3-17)18-4-6(8)10(13,14)15/h4,9H,1,3,17H2. The average molecular weight is 265 g/mol. The molecule has 8 heteroatoms. The van der Waals surface area contributed by atoms with Crippen LogP contribution in [0.15, 0.2) is 6.20 Å². The SMILES string of the molecule is N#CCc1c(CN)ncc(C(F)(F)F)c1C(F)F. The summed E-state index contributed by atoms with van der Waals surface area (Å²) < 4.78 is 63.3. The van der Waals surface area contributed by atoms with Crippen LogP contribution in [-0.4, -0.2) is 4.98 Å². The maximum absolute atomic E-state index is 12.8. The van der Waals surface area contributed by atoms with E-state index in [2.05, 4.69) is 4.98 Å². The summed E-state index contributed by atoms with van der Waals surface area (Å²) in [5, 5.41) is 8.49. The molecule has 1 aromatic rings. The zero-order valence-electron chi connectivity index (χ0n) is 8.93. The highest BCUT2D eigenvalue weighted by Gasteiger charge is 2.38. The van der Waals surface area contributed by atoms with Gasteiger partial charge in [-0.05, 0) is 5.56 Å². The maximum atomic E-state index is 12.8. The fraction of sp³-hybridized carbons (Fsp3) is 0.400. The van der Waals surface area contributed by atoms with Gasteiger partial charge in [-0.1, -0.05) is 0 Å². The van der Waals surface area contributed by atoms with E-state index in [9.17, 15) is 22.0 Å². The first-order valence-electron chi connectivity index (χ1n) is 4.76. The van der Waals surface area contributed by atoms with E-state index >= 15 is 0 Å². The molecule has 0 aliphatic rings. The Labute approximate surface area is 99.0 Å². The van der Waals surface area contributed by atoms with Crippen LogP contribution < -0.4 is 5.73 Å². The lowest BCUT2D eigenvalue weighted by molar-refractivity contribution is -0.139. The van der Waals surface area contributed by atoms with Gasteiger partial charge >= 0.3 is 6.18 Å². The fourth-order valence-electron chi connectivity index (χ4n) is 1.54. The van der Waals surface area contributed by atoms with Gasteiger partial charge in [0, 0.05) is 18.3 Å². The van der Waals surface area contributed by atoms with Gasteiger partial charge in [0.15, 0.2) is 0 Å². The molecule has 0 bridgehead atoms. The molecule has 18 heavy (non-hydrogen) atoms. The topological polar surface area (TPSA) is 62.7 Å². The third-order valence-corrected chi connectivity index (χ3v) is 2.29. The molecule has 0 aromatic carbocycles. The summed E-state index contributed by atoms with van der Waals surface area (Å²) in [5.41, 5.74) is 1.91. The van der Waals surface area contributed by atoms with Gasteiger partial charge in [-0.2, -0.15) is 18.4 Å². The summed E-state index contributed by atoms with van der Waals surface area (Å²) in [5.74, 6) is 0. The zero-order valence-corrected chi connectivity index (χ0v) is 8.93. The Morgan fingerprint density at radius 3 is 2.39 bits per heavy atom. The number of nitrogens with zero attached hydrogens (tertiary/aromatic N) is 2. The highest BCUT2D eigenvalue weighted by Crippen LogP contribution is 2.38. The number of hydrogen-bond donors (Lipinski definition) is 1. The predicted octanol–water partition coefficient (Wildman–Crippen LogP) is 2.56. The molecule has 0 radical (unpaired) electrons. The van der Waals surface area contributed by atoms with Crippen LogP contribution in [0.3, 0.4) is 0 Å². The minimum atomic E-state index is -4.95. The molecule has 1 rings (SSSR count). The van der Waals surface area contributed by atoms with E-state index in [0.29, 0.717) is 6.20 Å². The van der Waals surface area contributed by atoms with Crippen molar-refractivity contribution in [1.29, 1.82) is 5.26 Å². The van der Waals surface area contributed by atoms with Crippen molar-refractivity contribution in [2.75, 3.05) is 0 Å². The third-order valence-electron chi connectivity index (χ3n) is 2.29. The van der Waals surface area contributed by atoms with Crippen LogP contribution in [0.5, 0.6) is 0 Å². The Hall–Kier alpha value is -1.75. The average Bonchev–Trinajstić information content (AvgIpc) is 2.27. The second kappa shape index (κ2) is 5.27. The molecule has 0 spiro atoms. The molecule has 0 aliphatic carbocycles.